The zero-order valence-corrected chi connectivity index (χ0v) is 10.3. The van der Waals surface area contributed by atoms with Crippen LogP contribution in [0.15, 0.2) is 24.3 Å². The molecule has 0 aromatic heterocycles. The number of rotatable bonds is 4. The highest BCUT2D eigenvalue weighted by molar-refractivity contribution is 7.84. The Morgan fingerprint density at radius 3 is 2.35 bits per heavy atom. The van der Waals surface area contributed by atoms with Gasteiger partial charge in [0.1, 0.15) is 0 Å². The van der Waals surface area contributed by atoms with Crippen molar-refractivity contribution >= 4 is 16.5 Å². The third-order valence-corrected chi connectivity index (χ3v) is 4.96. The van der Waals surface area contributed by atoms with Gasteiger partial charge < -0.3 is 0 Å². The summed E-state index contributed by atoms with van der Waals surface area (Å²) >= 11 is 0. The van der Waals surface area contributed by atoms with Crippen molar-refractivity contribution in [3.63, 3.8) is 0 Å². The maximum atomic E-state index is 12.0. The van der Waals surface area contributed by atoms with Gasteiger partial charge in [-0.15, -0.1) is 0 Å². The predicted molar refractivity (Wildman–Crippen MR) is 67.2 cm³/mol. The molecule has 92 valence electrons. The Labute approximate surface area is 103 Å². The first-order valence-corrected chi connectivity index (χ1v) is 7.15. The van der Waals surface area contributed by atoms with E-state index in [1.165, 1.54) is 25.0 Å². The highest BCUT2D eigenvalue weighted by Crippen LogP contribution is 2.25. The van der Waals surface area contributed by atoms with Gasteiger partial charge in [-0.2, -0.15) is 0 Å². The maximum absolute atomic E-state index is 12.0. The Hall–Kier alpha value is -1.23. The molecule has 2 rings (SSSR count). The average molecular weight is 253 g/mol. The summed E-state index contributed by atoms with van der Waals surface area (Å²) < 4.78 is 12.0. The molecule has 0 radical (unpaired) electrons. The Morgan fingerprint density at radius 2 is 1.82 bits per heavy atom. The van der Waals surface area contributed by atoms with Crippen molar-refractivity contribution in [1.82, 2.24) is 0 Å². The number of hydrogen-bond acceptors (Lipinski definition) is 3. The zero-order valence-electron chi connectivity index (χ0n) is 9.50. The molecule has 1 atom stereocenters. The van der Waals surface area contributed by atoms with E-state index in [1.807, 2.05) is 0 Å². The fourth-order valence-electron chi connectivity index (χ4n) is 2.15. The van der Waals surface area contributed by atoms with E-state index in [4.69, 9.17) is 0 Å². The summed E-state index contributed by atoms with van der Waals surface area (Å²) in [6, 6.07) is 6.35. The number of hydrogen-bond donors (Lipinski definition) is 0. The van der Waals surface area contributed by atoms with E-state index in [2.05, 4.69) is 0 Å². The highest BCUT2D eigenvalue weighted by atomic mass is 32.2. The van der Waals surface area contributed by atoms with Crippen LogP contribution in [0.3, 0.4) is 0 Å². The summed E-state index contributed by atoms with van der Waals surface area (Å²) in [6.45, 7) is 0. The summed E-state index contributed by atoms with van der Waals surface area (Å²) in [5.74, 6) is 0.517. The van der Waals surface area contributed by atoms with Gasteiger partial charge >= 0.3 is 0 Å². The van der Waals surface area contributed by atoms with Gasteiger partial charge in [-0.05, 0) is 18.4 Å². The molecule has 0 heterocycles. The Morgan fingerprint density at radius 1 is 1.24 bits per heavy atom. The maximum Gasteiger partial charge on any atom is 0.269 e. The molecular formula is C12H15NO3S. The van der Waals surface area contributed by atoms with Crippen molar-refractivity contribution in [3.05, 3.63) is 39.9 Å². The molecule has 0 N–H and O–H groups in total. The summed E-state index contributed by atoms with van der Waals surface area (Å²) in [7, 11) is -0.833. The molecule has 1 saturated carbocycles. The average Bonchev–Trinajstić information content (AvgIpc) is 2.83. The van der Waals surface area contributed by atoms with Crippen LogP contribution < -0.4 is 0 Å². The molecule has 1 aliphatic carbocycles. The highest BCUT2D eigenvalue weighted by Gasteiger charge is 2.21. The van der Waals surface area contributed by atoms with Crippen LogP contribution in [0.4, 0.5) is 5.69 Å². The third-order valence-electron chi connectivity index (χ3n) is 3.13. The monoisotopic (exact) mass is 253 g/mol. The lowest BCUT2D eigenvalue weighted by atomic mass is 10.2. The number of nitro benzene ring substituents is 1. The van der Waals surface area contributed by atoms with Crippen molar-refractivity contribution in [2.45, 2.75) is 36.7 Å². The molecule has 0 bridgehead atoms. The molecule has 0 amide bonds. The lowest BCUT2D eigenvalue weighted by molar-refractivity contribution is -0.384. The van der Waals surface area contributed by atoms with Gasteiger partial charge in [0, 0.05) is 33.9 Å². The molecule has 1 fully saturated rings. The SMILES string of the molecule is O=[N+]([O-])c1ccc(CS(=O)C2CCCC2)cc1. The number of benzene rings is 1. The number of nitrogens with zero attached hydrogens (tertiary/aromatic N) is 1. The summed E-state index contributed by atoms with van der Waals surface area (Å²) in [4.78, 5) is 10.1. The summed E-state index contributed by atoms with van der Waals surface area (Å²) in [6.07, 6.45) is 4.46. The first kappa shape index (κ1) is 12.2. The van der Waals surface area contributed by atoms with Gasteiger partial charge in [0.25, 0.3) is 5.69 Å². The lowest BCUT2D eigenvalue weighted by Crippen LogP contribution is -2.12. The van der Waals surface area contributed by atoms with Crippen LogP contribution in [0.25, 0.3) is 0 Å². The van der Waals surface area contributed by atoms with Crippen LogP contribution in [0.1, 0.15) is 31.2 Å². The zero-order chi connectivity index (χ0) is 12.3. The minimum atomic E-state index is -0.833. The van der Waals surface area contributed by atoms with E-state index >= 15 is 0 Å². The molecule has 0 aliphatic heterocycles. The van der Waals surface area contributed by atoms with E-state index in [9.17, 15) is 14.3 Å². The van der Waals surface area contributed by atoms with Gasteiger partial charge in [-0.3, -0.25) is 14.3 Å². The van der Waals surface area contributed by atoms with E-state index in [0.29, 0.717) is 11.0 Å². The molecule has 0 saturated heterocycles. The van der Waals surface area contributed by atoms with Gasteiger partial charge in [-0.25, -0.2) is 0 Å². The molecule has 17 heavy (non-hydrogen) atoms. The largest absolute Gasteiger partial charge is 0.269 e. The van der Waals surface area contributed by atoms with Crippen LogP contribution in [-0.2, 0) is 16.6 Å². The smallest absolute Gasteiger partial charge is 0.259 e. The molecule has 5 heteroatoms. The van der Waals surface area contributed by atoms with E-state index in [-0.39, 0.29) is 5.69 Å². The molecule has 1 aromatic rings. The molecule has 1 aromatic carbocycles. The molecule has 0 spiro atoms. The normalized spacial score (nSPS) is 18.1. The predicted octanol–water partition coefficient (Wildman–Crippen LogP) is 2.79. The van der Waals surface area contributed by atoms with Crippen molar-refractivity contribution in [2.24, 2.45) is 0 Å². The van der Waals surface area contributed by atoms with Crippen molar-refractivity contribution in [3.8, 4) is 0 Å². The first-order valence-electron chi connectivity index (χ1n) is 5.77. The van der Waals surface area contributed by atoms with Crippen LogP contribution in [-0.4, -0.2) is 14.4 Å². The van der Waals surface area contributed by atoms with Crippen LogP contribution in [0.2, 0.25) is 0 Å². The second-order valence-electron chi connectivity index (χ2n) is 4.36. The Balaban J connectivity index is 1.98. The fourth-order valence-corrected chi connectivity index (χ4v) is 3.76. The lowest BCUT2D eigenvalue weighted by Gasteiger charge is -2.08. The summed E-state index contributed by atoms with van der Waals surface area (Å²) in [5, 5.41) is 10.8. The van der Waals surface area contributed by atoms with Crippen LogP contribution in [0, 0.1) is 10.1 Å². The molecular weight excluding hydrogens is 238 g/mol. The second-order valence-corrected chi connectivity index (χ2v) is 6.07. The third kappa shape index (κ3) is 3.12. The van der Waals surface area contributed by atoms with Crippen molar-refractivity contribution in [1.29, 1.82) is 0 Å². The van der Waals surface area contributed by atoms with Gasteiger partial charge in [0.2, 0.25) is 0 Å². The molecule has 1 aliphatic rings. The number of nitro groups is 1. The van der Waals surface area contributed by atoms with Gasteiger partial charge in [0.15, 0.2) is 0 Å². The van der Waals surface area contributed by atoms with Gasteiger partial charge in [-0.1, -0.05) is 25.0 Å². The van der Waals surface area contributed by atoms with E-state index in [1.54, 1.807) is 12.1 Å². The van der Waals surface area contributed by atoms with Gasteiger partial charge in [0.05, 0.1) is 4.92 Å². The fraction of sp³-hybridized carbons (Fsp3) is 0.500. The second kappa shape index (κ2) is 5.40. The number of non-ortho nitro benzene ring substituents is 1. The van der Waals surface area contributed by atoms with Crippen molar-refractivity contribution < 1.29 is 9.13 Å². The minimum absolute atomic E-state index is 0.0837. The standard InChI is InChI=1S/C12H15NO3S/c14-13(15)11-7-5-10(6-8-11)9-17(16)12-3-1-2-4-12/h5-8,12H,1-4,9H2. The molecule has 4 nitrogen and oxygen atoms in total. The topological polar surface area (TPSA) is 60.2 Å². The Bertz CT molecular complexity index is 424. The van der Waals surface area contributed by atoms with Crippen LogP contribution >= 0.6 is 0 Å². The van der Waals surface area contributed by atoms with Crippen molar-refractivity contribution in [2.75, 3.05) is 0 Å². The first-order chi connectivity index (χ1) is 8.16. The Kier molecular flexibility index (Phi) is 3.89. The van der Waals surface area contributed by atoms with E-state index in [0.717, 1.165) is 18.4 Å². The summed E-state index contributed by atoms with van der Waals surface area (Å²) in [5.41, 5.74) is 1.00. The quantitative estimate of drug-likeness (QED) is 0.612. The van der Waals surface area contributed by atoms with Crippen LogP contribution in [0.5, 0.6) is 0 Å². The van der Waals surface area contributed by atoms with E-state index < -0.39 is 15.7 Å². The molecule has 1 unspecified atom stereocenters. The minimum Gasteiger partial charge on any atom is -0.259 e.